The van der Waals surface area contributed by atoms with E-state index < -0.39 is 11.6 Å². The van der Waals surface area contributed by atoms with E-state index in [4.69, 9.17) is 19.4 Å². The van der Waals surface area contributed by atoms with Crippen LogP contribution in [0, 0.1) is 11.3 Å². The summed E-state index contributed by atoms with van der Waals surface area (Å²) >= 11 is 1.11. The van der Waals surface area contributed by atoms with Crippen LogP contribution >= 0.6 is 11.9 Å². The lowest BCUT2D eigenvalue weighted by molar-refractivity contribution is -0.189. The maximum atomic E-state index is 13.9. The molecular formula is C37H42F3N7O3S. The molecule has 0 spiro atoms. The molecule has 2 aliphatic heterocycles. The second-order valence-electron chi connectivity index (χ2n) is 14.3. The Morgan fingerprint density at radius 2 is 1.86 bits per heavy atom. The van der Waals surface area contributed by atoms with Gasteiger partial charge in [0, 0.05) is 55.0 Å². The Balaban J connectivity index is 1.10. The Morgan fingerprint density at radius 3 is 2.65 bits per heavy atom. The van der Waals surface area contributed by atoms with Gasteiger partial charge in [-0.2, -0.15) is 13.2 Å². The van der Waals surface area contributed by atoms with Gasteiger partial charge in [-0.3, -0.25) is 9.52 Å². The largest absolute Gasteiger partial charge is 0.489 e. The van der Waals surface area contributed by atoms with E-state index in [9.17, 15) is 18.0 Å². The summed E-state index contributed by atoms with van der Waals surface area (Å²) in [6.07, 6.45) is 1.12. The fourth-order valence-electron chi connectivity index (χ4n) is 7.04. The van der Waals surface area contributed by atoms with Crippen LogP contribution in [0.25, 0.3) is 5.82 Å². The van der Waals surface area contributed by atoms with Crippen molar-refractivity contribution in [1.29, 1.82) is 0 Å². The van der Waals surface area contributed by atoms with Crippen LogP contribution in [-0.2, 0) is 6.61 Å². The summed E-state index contributed by atoms with van der Waals surface area (Å²) in [5.74, 6) is 2.76. The van der Waals surface area contributed by atoms with Crippen LogP contribution < -0.4 is 24.4 Å². The van der Waals surface area contributed by atoms with E-state index in [1.54, 1.807) is 29.1 Å². The Bertz CT molecular complexity index is 1850. The predicted octanol–water partition coefficient (Wildman–Crippen LogP) is 7.99. The number of ether oxygens (including phenoxy) is 2. The Labute approximate surface area is 299 Å². The maximum absolute atomic E-state index is 13.9. The molecule has 2 N–H and O–H groups in total. The number of anilines is 2. The predicted molar refractivity (Wildman–Crippen MR) is 189 cm³/mol. The minimum Gasteiger partial charge on any atom is -0.489 e. The van der Waals surface area contributed by atoms with E-state index in [0.29, 0.717) is 58.6 Å². The SMILES string of the molecule is CC1(C)CC2CCCNc3cc(OCc4ccccc4)cc(n3)SNC(=O)c3ccc(-n4ccc(OCCCC5(C(F)(F)F)CC5)n4)nc3N1C2. The number of carbonyl (C=O) groups is 1. The number of benzene rings is 1. The van der Waals surface area contributed by atoms with Crippen LogP contribution in [-0.4, -0.2) is 57.1 Å². The van der Waals surface area contributed by atoms with Gasteiger partial charge in [0.1, 0.15) is 29.0 Å². The van der Waals surface area contributed by atoms with Gasteiger partial charge in [-0.1, -0.05) is 30.3 Å². The zero-order valence-corrected chi connectivity index (χ0v) is 29.5. The highest BCUT2D eigenvalue weighted by molar-refractivity contribution is 7.97. The van der Waals surface area contributed by atoms with Crippen molar-refractivity contribution in [2.75, 3.05) is 29.9 Å². The van der Waals surface area contributed by atoms with Gasteiger partial charge in [0.15, 0.2) is 5.82 Å². The number of amides is 1. The molecular weight excluding hydrogens is 680 g/mol. The summed E-state index contributed by atoms with van der Waals surface area (Å²) < 4.78 is 56.3. The molecule has 4 bridgehead atoms. The van der Waals surface area contributed by atoms with Gasteiger partial charge in [-0.15, -0.1) is 5.10 Å². The molecule has 1 unspecified atom stereocenters. The number of carbonyl (C=O) groups excluding carboxylic acids is 1. The van der Waals surface area contributed by atoms with Crippen LogP contribution in [0.15, 0.2) is 71.9 Å². The fraction of sp³-hybridized carbons (Fsp3) is 0.459. The molecule has 14 heteroatoms. The molecule has 1 saturated carbocycles. The molecule has 1 atom stereocenters. The molecule has 1 amide bonds. The smallest absolute Gasteiger partial charge is 0.394 e. The van der Waals surface area contributed by atoms with E-state index in [1.807, 2.05) is 42.5 Å². The van der Waals surface area contributed by atoms with Gasteiger partial charge in [0.2, 0.25) is 5.88 Å². The van der Waals surface area contributed by atoms with Crippen molar-refractivity contribution >= 4 is 29.5 Å². The molecule has 10 nitrogen and oxygen atoms in total. The molecule has 3 aromatic heterocycles. The third-order valence-electron chi connectivity index (χ3n) is 9.99. The van der Waals surface area contributed by atoms with Crippen LogP contribution in [0.3, 0.4) is 0 Å². The summed E-state index contributed by atoms with van der Waals surface area (Å²) in [6.45, 7) is 6.38. The summed E-state index contributed by atoms with van der Waals surface area (Å²) in [4.78, 5) is 25.8. The molecule has 1 aliphatic carbocycles. The zero-order valence-electron chi connectivity index (χ0n) is 28.7. The van der Waals surface area contributed by atoms with Crippen molar-refractivity contribution in [3.8, 4) is 17.4 Å². The minimum absolute atomic E-state index is 0.0533. The number of fused-ring (bicyclic) bond motifs is 6. The molecule has 4 aromatic rings. The lowest BCUT2D eigenvalue weighted by Gasteiger charge is -2.34. The number of aromatic nitrogens is 4. The van der Waals surface area contributed by atoms with Gasteiger partial charge in [-0.25, -0.2) is 14.6 Å². The Hall–Kier alpha value is -4.46. The summed E-state index contributed by atoms with van der Waals surface area (Å²) in [5.41, 5.74) is -0.329. The zero-order chi connectivity index (χ0) is 35.6. The highest BCUT2D eigenvalue weighted by atomic mass is 32.2. The van der Waals surface area contributed by atoms with Crippen molar-refractivity contribution in [3.63, 3.8) is 0 Å². The fourth-order valence-corrected chi connectivity index (χ4v) is 7.66. The molecule has 1 aromatic carbocycles. The molecule has 1 saturated heterocycles. The van der Waals surface area contributed by atoms with Crippen LogP contribution in [0.2, 0.25) is 0 Å². The quantitative estimate of drug-likeness (QED) is 0.131. The second kappa shape index (κ2) is 14.3. The summed E-state index contributed by atoms with van der Waals surface area (Å²) in [7, 11) is 0. The third kappa shape index (κ3) is 8.05. The first kappa shape index (κ1) is 35.0. The van der Waals surface area contributed by atoms with Gasteiger partial charge < -0.3 is 19.7 Å². The lowest BCUT2D eigenvalue weighted by atomic mass is 9.93. The molecule has 0 radical (unpaired) electrons. The standard InChI is InChI=1S/C37H42F3N7O3S/c1-35(2)22-26-10-6-17-41-29-20-27(50-24-25-8-4-3-5-9-25)21-32(42-29)51-45-34(48)28-11-12-30(43-33(28)46(35)23-26)47-18-13-31(44-47)49-19-7-14-36(15-16-36)37(38,39)40/h3-5,8-9,11-13,18,20-21,26H,6-7,10,14-17,19,22-24H2,1-2H3,(H,41,42)(H,45,48). The third-order valence-corrected chi connectivity index (χ3v) is 10.7. The number of nitrogens with zero attached hydrogens (tertiary/aromatic N) is 5. The Kier molecular flexibility index (Phi) is 9.79. The topological polar surface area (TPSA) is 106 Å². The van der Waals surface area contributed by atoms with Crippen molar-refractivity contribution in [2.24, 2.45) is 11.3 Å². The average molecular weight is 722 g/mol. The lowest BCUT2D eigenvalue weighted by Crippen LogP contribution is -2.40. The number of rotatable bonds is 9. The summed E-state index contributed by atoms with van der Waals surface area (Å²) in [6, 6.07) is 18.8. The number of hydrogen-bond donors (Lipinski definition) is 2. The van der Waals surface area contributed by atoms with Crippen LogP contribution in [0.4, 0.5) is 24.8 Å². The second-order valence-corrected chi connectivity index (χ2v) is 15.1. The Morgan fingerprint density at radius 1 is 1.04 bits per heavy atom. The highest BCUT2D eigenvalue weighted by Gasteiger charge is 2.62. The molecule has 7 rings (SSSR count). The van der Waals surface area contributed by atoms with Crippen molar-refractivity contribution in [1.82, 2.24) is 24.5 Å². The van der Waals surface area contributed by atoms with Crippen molar-refractivity contribution in [2.45, 2.75) is 82.1 Å². The van der Waals surface area contributed by atoms with E-state index >= 15 is 0 Å². The van der Waals surface area contributed by atoms with Crippen molar-refractivity contribution < 1.29 is 27.4 Å². The van der Waals surface area contributed by atoms with E-state index in [-0.39, 0.29) is 37.3 Å². The molecule has 5 heterocycles. The van der Waals surface area contributed by atoms with Gasteiger partial charge in [-0.05, 0) is 82.4 Å². The van der Waals surface area contributed by atoms with E-state index in [1.165, 1.54) is 0 Å². The number of pyridine rings is 2. The minimum atomic E-state index is -4.17. The number of hydrogen-bond acceptors (Lipinski definition) is 9. The summed E-state index contributed by atoms with van der Waals surface area (Å²) in [5, 5.41) is 8.53. The van der Waals surface area contributed by atoms with E-state index in [2.05, 4.69) is 33.9 Å². The monoisotopic (exact) mass is 721 g/mol. The first-order valence-corrected chi connectivity index (χ1v) is 18.2. The number of nitrogens with one attached hydrogen (secondary N) is 2. The van der Waals surface area contributed by atoms with Crippen LogP contribution in [0.5, 0.6) is 11.6 Å². The first-order chi connectivity index (χ1) is 24.5. The van der Waals surface area contributed by atoms with Crippen LogP contribution in [0.1, 0.15) is 74.7 Å². The maximum Gasteiger partial charge on any atom is 0.394 e. The molecule has 270 valence electrons. The normalized spacial score (nSPS) is 19.6. The molecule has 3 aliphatic rings. The first-order valence-electron chi connectivity index (χ1n) is 17.4. The molecule has 51 heavy (non-hydrogen) atoms. The van der Waals surface area contributed by atoms with Gasteiger partial charge in [0.25, 0.3) is 5.91 Å². The molecule has 2 fully saturated rings. The van der Waals surface area contributed by atoms with Gasteiger partial charge in [0.05, 0.1) is 17.6 Å². The van der Waals surface area contributed by atoms with Crippen molar-refractivity contribution in [3.05, 3.63) is 78.0 Å². The van der Waals surface area contributed by atoms with E-state index in [0.717, 1.165) is 49.9 Å². The highest BCUT2D eigenvalue weighted by Crippen LogP contribution is 2.60. The van der Waals surface area contributed by atoms with Gasteiger partial charge >= 0.3 is 6.18 Å². The average Bonchev–Trinajstić information content (AvgIpc) is 3.66. The number of halogens is 3. The number of alkyl halides is 3.